The Morgan fingerprint density at radius 3 is 2.47 bits per heavy atom. The van der Waals surface area contributed by atoms with Gasteiger partial charge in [-0.05, 0) is 6.92 Å². The summed E-state index contributed by atoms with van der Waals surface area (Å²) in [5.74, 6) is 0.782. The summed E-state index contributed by atoms with van der Waals surface area (Å²) in [6.45, 7) is 7.34. The van der Waals surface area contributed by atoms with E-state index >= 15 is 0 Å². The van der Waals surface area contributed by atoms with E-state index in [9.17, 15) is 0 Å². The molecule has 1 rings (SSSR count). The number of nitrogens with one attached hydrogen (secondary N) is 2. The van der Waals surface area contributed by atoms with Crippen LogP contribution in [-0.2, 0) is 4.74 Å². The molecule has 1 aromatic heterocycles. The summed E-state index contributed by atoms with van der Waals surface area (Å²) in [6.07, 6.45) is 6.49. The second-order valence-corrected chi connectivity index (χ2v) is 3.11. The minimum absolute atomic E-state index is 0.677. The fourth-order valence-corrected chi connectivity index (χ4v) is 0.755. The van der Waals surface area contributed by atoms with Crippen LogP contribution in [0, 0.1) is 0 Å². The Morgan fingerprint density at radius 1 is 1.42 bits per heavy atom. The Bertz CT molecular complexity index is 303. The quantitative estimate of drug-likeness (QED) is 0.704. The standard InChI is InChI=1S/C7H11N3O.C4H10N2.C2H6/c1-11-5-4-10-7-6-8-2-3-9-7;1-4(3-5)6-2;1-2/h2-3,6H,4-5H2,1H3,(H,9,10);3,6H,5H2,1-2H3;1-2H3/b;4-3-;. The van der Waals surface area contributed by atoms with Gasteiger partial charge in [-0.25, -0.2) is 4.98 Å². The van der Waals surface area contributed by atoms with Crippen molar-refractivity contribution in [3.8, 4) is 0 Å². The van der Waals surface area contributed by atoms with Crippen LogP contribution in [0.2, 0.25) is 0 Å². The molecule has 6 nitrogen and oxygen atoms in total. The van der Waals surface area contributed by atoms with Crippen molar-refractivity contribution in [3.63, 3.8) is 0 Å². The van der Waals surface area contributed by atoms with E-state index in [1.807, 2.05) is 27.8 Å². The lowest BCUT2D eigenvalue weighted by Crippen LogP contribution is -2.08. The SMILES string of the molecule is CC.CN/C(C)=C\N.COCCNc1cnccn1. The third-order valence-electron chi connectivity index (χ3n) is 1.82. The monoisotopic (exact) mass is 269 g/mol. The highest BCUT2D eigenvalue weighted by Crippen LogP contribution is 1.94. The average molecular weight is 269 g/mol. The minimum Gasteiger partial charge on any atom is -0.403 e. The van der Waals surface area contributed by atoms with Crippen LogP contribution >= 0.6 is 0 Å². The zero-order valence-electron chi connectivity index (χ0n) is 12.6. The third-order valence-corrected chi connectivity index (χ3v) is 1.82. The molecule has 0 unspecified atom stereocenters. The summed E-state index contributed by atoms with van der Waals surface area (Å²) in [4.78, 5) is 7.92. The molecule has 4 N–H and O–H groups in total. The van der Waals surface area contributed by atoms with Crippen LogP contribution in [0.5, 0.6) is 0 Å². The number of methoxy groups -OCH3 is 1. The van der Waals surface area contributed by atoms with Gasteiger partial charge in [0, 0.05) is 45.0 Å². The number of ether oxygens (including phenoxy) is 1. The number of hydrogen-bond donors (Lipinski definition) is 3. The molecule has 0 aliphatic heterocycles. The molecule has 0 atom stereocenters. The van der Waals surface area contributed by atoms with Gasteiger partial charge in [-0.15, -0.1) is 0 Å². The largest absolute Gasteiger partial charge is 0.403 e. The van der Waals surface area contributed by atoms with E-state index in [0.29, 0.717) is 6.61 Å². The number of aromatic nitrogens is 2. The maximum atomic E-state index is 5.06. The second kappa shape index (κ2) is 16.2. The predicted octanol–water partition coefficient (Wildman–Crippen LogP) is 1.59. The van der Waals surface area contributed by atoms with Crippen LogP contribution in [0.3, 0.4) is 0 Å². The van der Waals surface area contributed by atoms with E-state index in [0.717, 1.165) is 18.1 Å². The first kappa shape index (κ1) is 19.5. The van der Waals surface area contributed by atoms with Gasteiger partial charge in [-0.1, -0.05) is 13.8 Å². The number of rotatable bonds is 5. The van der Waals surface area contributed by atoms with Crippen molar-refractivity contribution in [1.82, 2.24) is 15.3 Å². The van der Waals surface area contributed by atoms with Crippen LogP contribution in [0.25, 0.3) is 0 Å². The average Bonchev–Trinajstić information content (AvgIpc) is 2.50. The molecule has 0 spiro atoms. The lowest BCUT2D eigenvalue weighted by atomic mass is 10.5. The minimum atomic E-state index is 0.677. The van der Waals surface area contributed by atoms with Crippen molar-refractivity contribution in [2.75, 3.05) is 32.6 Å². The Kier molecular flexibility index (Phi) is 16.6. The molecule has 0 aromatic carbocycles. The molecule has 19 heavy (non-hydrogen) atoms. The van der Waals surface area contributed by atoms with E-state index in [1.165, 1.54) is 6.20 Å². The smallest absolute Gasteiger partial charge is 0.144 e. The number of nitrogens with zero attached hydrogens (tertiary/aromatic N) is 2. The molecule has 0 aliphatic rings. The van der Waals surface area contributed by atoms with Gasteiger partial charge in [0.2, 0.25) is 0 Å². The maximum Gasteiger partial charge on any atom is 0.144 e. The zero-order chi connectivity index (χ0) is 14.9. The molecule has 0 saturated heterocycles. The fraction of sp³-hybridized carbons (Fsp3) is 0.538. The summed E-state index contributed by atoms with van der Waals surface area (Å²) < 4.78 is 4.85. The first-order chi connectivity index (χ1) is 9.24. The van der Waals surface area contributed by atoms with Crippen molar-refractivity contribution in [2.45, 2.75) is 20.8 Å². The third kappa shape index (κ3) is 14.1. The normalized spacial score (nSPS) is 9.42. The molecule has 0 radical (unpaired) electrons. The Labute approximate surface area is 116 Å². The van der Waals surface area contributed by atoms with E-state index in [2.05, 4.69) is 20.6 Å². The maximum absolute atomic E-state index is 5.06. The molecule has 1 heterocycles. The molecule has 0 aliphatic carbocycles. The van der Waals surface area contributed by atoms with E-state index in [1.54, 1.807) is 25.7 Å². The number of nitrogens with two attached hydrogens (primary N) is 1. The summed E-state index contributed by atoms with van der Waals surface area (Å²) in [5.41, 5.74) is 6.05. The van der Waals surface area contributed by atoms with Gasteiger partial charge in [0.15, 0.2) is 0 Å². The van der Waals surface area contributed by atoms with Crippen LogP contribution in [0.15, 0.2) is 30.5 Å². The van der Waals surface area contributed by atoms with Crippen molar-refractivity contribution >= 4 is 5.82 Å². The molecule has 6 heteroatoms. The van der Waals surface area contributed by atoms with Crippen LogP contribution in [0.1, 0.15) is 20.8 Å². The Balaban J connectivity index is 0. The topological polar surface area (TPSA) is 85.1 Å². The highest BCUT2D eigenvalue weighted by molar-refractivity contribution is 5.29. The van der Waals surface area contributed by atoms with Gasteiger partial charge in [0.05, 0.1) is 12.8 Å². The van der Waals surface area contributed by atoms with E-state index in [-0.39, 0.29) is 0 Å². The summed E-state index contributed by atoms with van der Waals surface area (Å²) in [5, 5.41) is 5.90. The molecule has 1 aromatic rings. The van der Waals surface area contributed by atoms with Crippen LogP contribution < -0.4 is 16.4 Å². The number of allylic oxidation sites excluding steroid dienone is 1. The molecular weight excluding hydrogens is 242 g/mol. The molecule has 0 fully saturated rings. The van der Waals surface area contributed by atoms with Gasteiger partial charge in [-0.3, -0.25) is 4.98 Å². The Hall–Kier alpha value is -1.82. The van der Waals surface area contributed by atoms with Crippen molar-refractivity contribution in [2.24, 2.45) is 5.73 Å². The lowest BCUT2D eigenvalue weighted by molar-refractivity contribution is 0.210. The molecule has 0 bridgehead atoms. The van der Waals surface area contributed by atoms with E-state index in [4.69, 9.17) is 10.5 Å². The van der Waals surface area contributed by atoms with Crippen LogP contribution in [0.4, 0.5) is 5.82 Å². The highest BCUT2D eigenvalue weighted by Gasteiger charge is 1.88. The van der Waals surface area contributed by atoms with Gasteiger partial charge in [0.1, 0.15) is 5.82 Å². The van der Waals surface area contributed by atoms with Gasteiger partial charge >= 0.3 is 0 Å². The summed E-state index contributed by atoms with van der Waals surface area (Å²) >= 11 is 0. The predicted molar refractivity (Wildman–Crippen MR) is 80.7 cm³/mol. The van der Waals surface area contributed by atoms with Gasteiger partial charge < -0.3 is 21.1 Å². The summed E-state index contributed by atoms with van der Waals surface area (Å²) in [6, 6.07) is 0. The molecule has 0 amide bonds. The van der Waals surface area contributed by atoms with Gasteiger partial charge in [-0.2, -0.15) is 0 Å². The number of hydrogen-bond acceptors (Lipinski definition) is 6. The zero-order valence-corrected chi connectivity index (χ0v) is 12.6. The molecular formula is C13H27N5O. The fourth-order valence-electron chi connectivity index (χ4n) is 0.755. The second-order valence-electron chi connectivity index (χ2n) is 3.11. The van der Waals surface area contributed by atoms with Crippen molar-refractivity contribution < 1.29 is 4.74 Å². The van der Waals surface area contributed by atoms with Crippen molar-refractivity contribution in [3.05, 3.63) is 30.5 Å². The summed E-state index contributed by atoms with van der Waals surface area (Å²) in [7, 11) is 3.50. The molecule has 110 valence electrons. The van der Waals surface area contributed by atoms with Crippen LogP contribution in [-0.4, -0.2) is 37.3 Å². The lowest BCUT2D eigenvalue weighted by Gasteiger charge is -2.01. The highest BCUT2D eigenvalue weighted by atomic mass is 16.5. The van der Waals surface area contributed by atoms with Gasteiger partial charge in [0.25, 0.3) is 0 Å². The first-order valence-corrected chi connectivity index (χ1v) is 6.29. The first-order valence-electron chi connectivity index (χ1n) is 6.29. The molecule has 0 saturated carbocycles. The van der Waals surface area contributed by atoms with E-state index < -0.39 is 0 Å². The Morgan fingerprint density at radius 2 is 2.11 bits per heavy atom. The van der Waals surface area contributed by atoms with Crippen molar-refractivity contribution in [1.29, 1.82) is 0 Å². The number of anilines is 1.